The van der Waals surface area contributed by atoms with Crippen molar-refractivity contribution in [3.63, 3.8) is 0 Å². The average molecular weight is 404 g/mol. The van der Waals surface area contributed by atoms with Gasteiger partial charge in [0.2, 0.25) is 10.0 Å². The number of nitrogens with one attached hydrogen (secondary N) is 1. The van der Waals surface area contributed by atoms with E-state index in [9.17, 15) is 13.2 Å². The highest BCUT2D eigenvalue weighted by atomic mass is 32.2. The Balaban J connectivity index is 1.79. The van der Waals surface area contributed by atoms with Gasteiger partial charge in [-0.2, -0.15) is 0 Å². The fourth-order valence-corrected chi connectivity index (χ4v) is 4.35. The van der Waals surface area contributed by atoms with Gasteiger partial charge in [0.15, 0.2) is 0 Å². The Morgan fingerprint density at radius 2 is 1.89 bits per heavy atom. The van der Waals surface area contributed by atoms with Gasteiger partial charge in [0.1, 0.15) is 11.5 Å². The summed E-state index contributed by atoms with van der Waals surface area (Å²) in [5, 5.41) is 2.97. The molecule has 0 aromatic heterocycles. The quantitative estimate of drug-likeness (QED) is 0.800. The Morgan fingerprint density at radius 1 is 1.14 bits per heavy atom. The van der Waals surface area contributed by atoms with Gasteiger partial charge in [-0.1, -0.05) is 0 Å². The SMILES string of the molecule is COc1ccc(C(C)NC(=O)c2ccc3c(c2)CCN3S(C)(=O)=O)c(OC)c1. The molecule has 1 atom stereocenters. The van der Waals surface area contributed by atoms with Crippen LogP contribution in [0.2, 0.25) is 0 Å². The number of ether oxygens (including phenoxy) is 2. The van der Waals surface area contributed by atoms with Crippen LogP contribution in [0.3, 0.4) is 0 Å². The minimum absolute atomic E-state index is 0.231. The molecule has 0 fully saturated rings. The van der Waals surface area contributed by atoms with Crippen molar-refractivity contribution >= 4 is 21.6 Å². The number of hydrogen-bond acceptors (Lipinski definition) is 5. The topological polar surface area (TPSA) is 84.9 Å². The molecule has 1 aliphatic heterocycles. The van der Waals surface area contributed by atoms with Crippen molar-refractivity contribution < 1.29 is 22.7 Å². The number of carbonyl (C=O) groups excluding carboxylic acids is 1. The summed E-state index contributed by atoms with van der Waals surface area (Å²) in [5.41, 5.74) is 2.83. The maximum absolute atomic E-state index is 12.7. The van der Waals surface area contributed by atoms with E-state index in [1.54, 1.807) is 38.5 Å². The van der Waals surface area contributed by atoms with Crippen molar-refractivity contribution in [2.75, 3.05) is 31.3 Å². The first-order valence-corrected chi connectivity index (χ1v) is 10.7. The first kappa shape index (κ1) is 20.0. The van der Waals surface area contributed by atoms with Gasteiger partial charge in [0.25, 0.3) is 5.91 Å². The zero-order valence-electron chi connectivity index (χ0n) is 16.4. The summed E-state index contributed by atoms with van der Waals surface area (Å²) < 4.78 is 35.7. The van der Waals surface area contributed by atoms with E-state index in [-0.39, 0.29) is 11.9 Å². The van der Waals surface area contributed by atoms with Crippen LogP contribution in [-0.4, -0.2) is 41.3 Å². The zero-order valence-corrected chi connectivity index (χ0v) is 17.2. The summed E-state index contributed by atoms with van der Waals surface area (Å²) in [6, 6.07) is 10.3. The summed E-state index contributed by atoms with van der Waals surface area (Å²) in [4.78, 5) is 12.7. The van der Waals surface area contributed by atoms with E-state index in [4.69, 9.17) is 9.47 Å². The maximum Gasteiger partial charge on any atom is 0.251 e. The number of sulfonamides is 1. The van der Waals surface area contributed by atoms with Crippen LogP contribution in [0.4, 0.5) is 5.69 Å². The van der Waals surface area contributed by atoms with Gasteiger partial charge in [-0.3, -0.25) is 9.10 Å². The molecule has 0 saturated carbocycles. The number of nitrogens with zero attached hydrogens (tertiary/aromatic N) is 1. The number of rotatable bonds is 6. The van der Waals surface area contributed by atoms with Gasteiger partial charge in [-0.05, 0) is 49.2 Å². The molecular formula is C20H24N2O5S. The Bertz CT molecular complexity index is 1000. The van der Waals surface area contributed by atoms with Crippen molar-refractivity contribution in [1.82, 2.24) is 5.32 Å². The van der Waals surface area contributed by atoms with Gasteiger partial charge < -0.3 is 14.8 Å². The fraction of sp³-hybridized carbons (Fsp3) is 0.350. The molecule has 1 amide bonds. The molecule has 1 unspecified atom stereocenters. The van der Waals surface area contributed by atoms with Crippen molar-refractivity contribution in [2.24, 2.45) is 0 Å². The molecule has 0 aliphatic carbocycles. The summed E-state index contributed by atoms with van der Waals surface area (Å²) in [6.07, 6.45) is 1.78. The molecule has 1 aliphatic rings. The highest BCUT2D eigenvalue weighted by molar-refractivity contribution is 7.92. The Kier molecular flexibility index (Phi) is 5.51. The van der Waals surface area contributed by atoms with Gasteiger partial charge in [0, 0.05) is 23.7 Å². The van der Waals surface area contributed by atoms with E-state index in [0.717, 1.165) is 11.1 Å². The third kappa shape index (κ3) is 3.91. The number of amides is 1. The van der Waals surface area contributed by atoms with Crippen molar-refractivity contribution in [3.8, 4) is 11.5 Å². The molecular weight excluding hydrogens is 380 g/mol. The number of hydrogen-bond donors (Lipinski definition) is 1. The largest absolute Gasteiger partial charge is 0.497 e. The number of anilines is 1. The Labute approximate surface area is 165 Å². The van der Waals surface area contributed by atoms with E-state index in [1.807, 2.05) is 19.1 Å². The van der Waals surface area contributed by atoms with Gasteiger partial charge >= 0.3 is 0 Å². The predicted molar refractivity (Wildman–Crippen MR) is 108 cm³/mol. The molecule has 0 bridgehead atoms. The second kappa shape index (κ2) is 7.71. The summed E-state index contributed by atoms with van der Waals surface area (Å²) >= 11 is 0. The third-order valence-electron chi connectivity index (χ3n) is 4.85. The third-order valence-corrected chi connectivity index (χ3v) is 6.03. The summed E-state index contributed by atoms with van der Waals surface area (Å²) in [6.45, 7) is 2.28. The standard InChI is InChI=1S/C20H24N2O5S/c1-13(17-7-6-16(26-2)12-19(17)27-3)21-20(23)15-5-8-18-14(11-15)9-10-22(18)28(4,24)25/h5-8,11-13H,9-10H2,1-4H3,(H,21,23). The molecule has 0 spiro atoms. The normalized spacial score (nSPS) is 14.4. The fourth-order valence-electron chi connectivity index (χ4n) is 3.39. The van der Waals surface area contributed by atoms with E-state index < -0.39 is 10.0 Å². The highest BCUT2D eigenvalue weighted by Gasteiger charge is 2.27. The molecule has 0 radical (unpaired) electrons. The van der Waals surface area contributed by atoms with E-state index in [1.165, 1.54) is 10.6 Å². The van der Waals surface area contributed by atoms with Crippen LogP contribution in [0.5, 0.6) is 11.5 Å². The van der Waals surface area contributed by atoms with E-state index >= 15 is 0 Å². The minimum Gasteiger partial charge on any atom is -0.497 e. The first-order chi connectivity index (χ1) is 13.2. The van der Waals surface area contributed by atoms with Crippen LogP contribution in [0.15, 0.2) is 36.4 Å². The molecule has 1 N–H and O–H groups in total. The predicted octanol–water partition coefficient (Wildman–Crippen LogP) is 2.52. The zero-order chi connectivity index (χ0) is 20.5. The lowest BCUT2D eigenvalue weighted by Crippen LogP contribution is -2.28. The second-order valence-corrected chi connectivity index (χ2v) is 8.64. The van der Waals surface area contributed by atoms with Crippen LogP contribution < -0.4 is 19.1 Å². The van der Waals surface area contributed by atoms with Gasteiger partial charge in [-0.25, -0.2) is 8.42 Å². The first-order valence-electron chi connectivity index (χ1n) is 8.88. The van der Waals surface area contributed by atoms with Crippen molar-refractivity contribution in [3.05, 3.63) is 53.1 Å². The molecule has 1 heterocycles. The van der Waals surface area contributed by atoms with Crippen molar-refractivity contribution in [1.29, 1.82) is 0 Å². The van der Waals surface area contributed by atoms with Crippen LogP contribution in [0.25, 0.3) is 0 Å². The van der Waals surface area contributed by atoms with E-state index in [0.29, 0.717) is 35.7 Å². The number of methoxy groups -OCH3 is 2. The number of fused-ring (bicyclic) bond motifs is 1. The van der Waals surface area contributed by atoms with Crippen LogP contribution in [0, 0.1) is 0 Å². The Morgan fingerprint density at radius 3 is 2.54 bits per heavy atom. The number of benzene rings is 2. The molecule has 3 rings (SSSR count). The molecule has 150 valence electrons. The van der Waals surface area contributed by atoms with Crippen LogP contribution in [0.1, 0.15) is 34.5 Å². The van der Waals surface area contributed by atoms with Crippen LogP contribution >= 0.6 is 0 Å². The lowest BCUT2D eigenvalue weighted by atomic mass is 10.0. The highest BCUT2D eigenvalue weighted by Crippen LogP contribution is 2.32. The minimum atomic E-state index is -3.31. The smallest absolute Gasteiger partial charge is 0.251 e. The van der Waals surface area contributed by atoms with Gasteiger partial charge in [0.05, 0.1) is 32.2 Å². The maximum atomic E-state index is 12.7. The average Bonchev–Trinajstić information content (AvgIpc) is 3.10. The molecule has 2 aromatic carbocycles. The molecule has 2 aromatic rings. The molecule has 0 saturated heterocycles. The van der Waals surface area contributed by atoms with Crippen LogP contribution in [-0.2, 0) is 16.4 Å². The van der Waals surface area contributed by atoms with E-state index in [2.05, 4.69) is 5.32 Å². The molecule has 7 nitrogen and oxygen atoms in total. The lowest BCUT2D eigenvalue weighted by molar-refractivity contribution is 0.0939. The van der Waals surface area contributed by atoms with Crippen molar-refractivity contribution in [2.45, 2.75) is 19.4 Å². The molecule has 28 heavy (non-hydrogen) atoms. The second-order valence-electron chi connectivity index (χ2n) is 6.73. The summed E-state index contributed by atoms with van der Waals surface area (Å²) in [5.74, 6) is 1.07. The Hall–Kier alpha value is -2.74. The molecule has 8 heteroatoms. The summed E-state index contributed by atoms with van der Waals surface area (Å²) in [7, 11) is -0.157. The monoisotopic (exact) mass is 404 g/mol. The lowest BCUT2D eigenvalue weighted by Gasteiger charge is -2.19. The number of carbonyl (C=O) groups is 1. The van der Waals surface area contributed by atoms with Gasteiger partial charge in [-0.15, -0.1) is 0 Å².